The molecule has 0 spiro atoms. The first-order chi connectivity index (χ1) is 15.9. The molecule has 4 rings (SSSR count). The van der Waals surface area contributed by atoms with Crippen LogP contribution in [0.15, 0.2) is 48.5 Å². The number of nitrogens with one attached hydrogen (secondary N) is 1. The van der Waals surface area contributed by atoms with Gasteiger partial charge in [-0.25, -0.2) is 0 Å². The lowest BCUT2D eigenvalue weighted by atomic mass is 10.0. The molecule has 2 atom stereocenters. The molecule has 2 heterocycles. The van der Waals surface area contributed by atoms with E-state index in [0.29, 0.717) is 17.7 Å². The molecule has 2 unspecified atom stereocenters. The summed E-state index contributed by atoms with van der Waals surface area (Å²) in [5.41, 5.74) is 1.72. The Hall–Kier alpha value is -3.19. The summed E-state index contributed by atoms with van der Waals surface area (Å²) < 4.78 is 5.59. The number of carbonyl (C=O) groups is 3. The average Bonchev–Trinajstić information content (AvgIpc) is 3.43. The van der Waals surface area contributed by atoms with Gasteiger partial charge < -0.3 is 10.1 Å². The number of fused-ring (bicyclic) bond motifs is 1. The van der Waals surface area contributed by atoms with Crippen molar-refractivity contribution < 1.29 is 19.1 Å². The van der Waals surface area contributed by atoms with E-state index in [-0.39, 0.29) is 17.9 Å². The van der Waals surface area contributed by atoms with E-state index in [4.69, 9.17) is 4.74 Å². The highest BCUT2D eigenvalue weighted by Crippen LogP contribution is 2.32. The van der Waals surface area contributed by atoms with Crippen LogP contribution in [0.1, 0.15) is 59.0 Å². The molecule has 7 nitrogen and oxygen atoms in total. The molecular formula is C26H31N3O4. The van der Waals surface area contributed by atoms with Gasteiger partial charge in [-0.3, -0.25) is 24.2 Å². The summed E-state index contributed by atoms with van der Waals surface area (Å²) in [6.45, 7) is 5.97. The van der Waals surface area contributed by atoms with Crippen molar-refractivity contribution in [2.45, 2.75) is 38.8 Å². The van der Waals surface area contributed by atoms with E-state index in [1.807, 2.05) is 38.1 Å². The fourth-order valence-electron chi connectivity index (χ4n) is 4.91. The minimum atomic E-state index is -0.880. The van der Waals surface area contributed by atoms with E-state index >= 15 is 0 Å². The maximum absolute atomic E-state index is 13.4. The summed E-state index contributed by atoms with van der Waals surface area (Å²) in [6.07, 6.45) is 2.23. The van der Waals surface area contributed by atoms with E-state index in [0.717, 1.165) is 42.1 Å². The Labute approximate surface area is 194 Å². The molecule has 0 aromatic heterocycles. The summed E-state index contributed by atoms with van der Waals surface area (Å²) in [5, 5.41) is 3.05. The van der Waals surface area contributed by atoms with Crippen LogP contribution in [0.25, 0.3) is 0 Å². The van der Waals surface area contributed by atoms with Gasteiger partial charge >= 0.3 is 0 Å². The van der Waals surface area contributed by atoms with Crippen LogP contribution in [0.2, 0.25) is 0 Å². The number of rotatable bonds is 8. The van der Waals surface area contributed by atoms with Crippen LogP contribution in [0.4, 0.5) is 0 Å². The summed E-state index contributed by atoms with van der Waals surface area (Å²) in [5.74, 6) is -0.595. The Morgan fingerprint density at radius 2 is 1.55 bits per heavy atom. The molecule has 2 aliphatic rings. The van der Waals surface area contributed by atoms with Crippen molar-refractivity contribution in [3.05, 3.63) is 65.2 Å². The average molecular weight is 450 g/mol. The van der Waals surface area contributed by atoms with Gasteiger partial charge in [0.05, 0.1) is 24.3 Å². The molecule has 0 bridgehead atoms. The third-order valence-corrected chi connectivity index (χ3v) is 6.55. The molecule has 33 heavy (non-hydrogen) atoms. The molecule has 0 radical (unpaired) electrons. The second-order valence-corrected chi connectivity index (χ2v) is 8.96. The van der Waals surface area contributed by atoms with Gasteiger partial charge in [-0.15, -0.1) is 0 Å². The molecule has 1 N–H and O–H groups in total. The zero-order valence-electron chi connectivity index (χ0n) is 19.4. The number of hydrogen-bond donors (Lipinski definition) is 1. The van der Waals surface area contributed by atoms with E-state index in [1.165, 1.54) is 0 Å². The van der Waals surface area contributed by atoms with Gasteiger partial charge in [0.2, 0.25) is 5.91 Å². The van der Waals surface area contributed by atoms with Gasteiger partial charge in [-0.1, -0.05) is 44.2 Å². The molecule has 7 heteroatoms. The van der Waals surface area contributed by atoms with Crippen LogP contribution in [-0.2, 0) is 4.79 Å². The summed E-state index contributed by atoms with van der Waals surface area (Å²) in [7, 11) is 1.65. The van der Waals surface area contributed by atoms with Crippen molar-refractivity contribution in [2.24, 2.45) is 5.92 Å². The maximum atomic E-state index is 13.4. The lowest BCUT2D eigenvalue weighted by molar-refractivity contribution is -0.126. The first-order valence-corrected chi connectivity index (χ1v) is 11.6. The maximum Gasteiger partial charge on any atom is 0.262 e. The molecular weight excluding hydrogens is 418 g/mol. The number of methoxy groups -OCH3 is 1. The number of ether oxygens (including phenoxy) is 1. The number of hydrogen-bond acceptors (Lipinski definition) is 5. The quantitative estimate of drug-likeness (QED) is 0.626. The van der Waals surface area contributed by atoms with Gasteiger partial charge in [-0.2, -0.15) is 0 Å². The molecule has 3 amide bonds. The topological polar surface area (TPSA) is 79.0 Å². The van der Waals surface area contributed by atoms with E-state index in [9.17, 15) is 14.4 Å². The predicted octanol–water partition coefficient (Wildman–Crippen LogP) is 3.27. The van der Waals surface area contributed by atoms with Crippen LogP contribution in [0.3, 0.4) is 0 Å². The summed E-state index contributed by atoms with van der Waals surface area (Å²) in [6, 6.07) is 13.6. The van der Waals surface area contributed by atoms with Gasteiger partial charge in [0.1, 0.15) is 11.8 Å². The second-order valence-electron chi connectivity index (χ2n) is 8.96. The lowest BCUT2D eigenvalue weighted by Gasteiger charge is -2.32. The van der Waals surface area contributed by atoms with Gasteiger partial charge in [0, 0.05) is 12.1 Å². The van der Waals surface area contributed by atoms with E-state index in [2.05, 4.69) is 10.2 Å². The van der Waals surface area contributed by atoms with Crippen molar-refractivity contribution in [3.8, 4) is 5.75 Å². The van der Waals surface area contributed by atoms with Gasteiger partial charge in [-0.05, 0) is 50.0 Å². The SMILES string of the molecule is COc1ccccc1C(CNC(=O)C(C(C)C)N1C(=O)c2ccccc2C1=O)N1CCCC1. The van der Waals surface area contributed by atoms with Gasteiger partial charge in [0.15, 0.2) is 0 Å². The van der Waals surface area contributed by atoms with Crippen molar-refractivity contribution in [3.63, 3.8) is 0 Å². The van der Waals surface area contributed by atoms with Crippen LogP contribution in [0.5, 0.6) is 5.75 Å². The van der Waals surface area contributed by atoms with Crippen LogP contribution < -0.4 is 10.1 Å². The van der Waals surface area contributed by atoms with Crippen molar-refractivity contribution in [1.29, 1.82) is 0 Å². The number of imide groups is 1. The normalized spacial score (nSPS) is 17.9. The lowest BCUT2D eigenvalue weighted by Crippen LogP contribution is -2.53. The predicted molar refractivity (Wildman–Crippen MR) is 125 cm³/mol. The van der Waals surface area contributed by atoms with Crippen molar-refractivity contribution in [2.75, 3.05) is 26.7 Å². The second kappa shape index (κ2) is 9.75. The number of nitrogens with zero attached hydrogens (tertiary/aromatic N) is 2. The fraction of sp³-hybridized carbons (Fsp3) is 0.423. The Morgan fingerprint density at radius 1 is 0.970 bits per heavy atom. The zero-order valence-corrected chi connectivity index (χ0v) is 19.4. The van der Waals surface area contributed by atoms with E-state index < -0.39 is 17.9 Å². The zero-order chi connectivity index (χ0) is 23.5. The monoisotopic (exact) mass is 449 g/mol. The molecule has 0 aliphatic carbocycles. The Bertz CT molecular complexity index is 1010. The highest BCUT2D eigenvalue weighted by molar-refractivity contribution is 6.22. The highest BCUT2D eigenvalue weighted by Gasteiger charge is 2.44. The smallest absolute Gasteiger partial charge is 0.262 e. The largest absolute Gasteiger partial charge is 0.496 e. The molecule has 2 aromatic carbocycles. The minimum Gasteiger partial charge on any atom is -0.496 e. The van der Waals surface area contributed by atoms with Crippen molar-refractivity contribution >= 4 is 17.7 Å². The number of para-hydroxylation sites is 1. The first kappa shape index (κ1) is 23.0. The molecule has 174 valence electrons. The number of carbonyl (C=O) groups excluding carboxylic acids is 3. The van der Waals surface area contributed by atoms with Crippen LogP contribution >= 0.6 is 0 Å². The molecule has 2 aliphatic heterocycles. The Balaban J connectivity index is 1.56. The molecule has 0 saturated carbocycles. The number of benzene rings is 2. The fourth-order valence-corrected chi connectivity index (χ4v) is 4.91. The molecule has 1 fully saturated rings. The first-order valence-electron chi connectivity index (χ1n) is 11.6. The number of amides is 3. The van der Waals surface area contributed by atoms with E-state index in [1.54, 1.807) is 31.4 Å². The molecule has 1 saturated heterocycles. The Morgan fingerprint density at radius 3 is 2.12 bits per heavy atom. The Kier molecular flexibility index (Phi) is 6.79. The van der Waals surface area contributed by atoms with Crippen LogP contribution in [-0.4, -0.2) is 60.3 Å². The third-order valence-electron chi connectivity index (χ3n) is 6.55. The highest BCUT2D eigenvalue weighted by atomic mass is 16.5. The standard InChI is InChI=1S/C26H31N3O4/c1-17(2)23(29-25(31)18-10-4-5-11-19(18)26(29)32)24(30)27-16-21(28-14-8-9-15-28)20-12-6-7-13-22(20)33-3/h4-7,10-13,17,21,23H,8-9,14-16H2,1-3H3,(H,27,30). The summed E-state index contributed by atoms with van der Waals surface area (Å²) in [4.78, 5) is 42.9. The number of likely N-dealkylation sites (tertiary alicyclic amines) is 1. The van der Waals surface area contributed by atoms with Crippen molar-refractivity contribution in [1.82, 2.24) is 15.1 Å². The molecule has 2 aromatic rings. The summed E-state index contributed by atoms with van der Waals surface area (Å²) >= 11 is 0. The van der Waals surface area contributed by atoms with Crippen LogP contribution in [0, 0.1) is 5.92 Å². The van der Waals surface area contributed by atoms with Gasteiger partial charge in [0.25, 0.3) is 11.8 Å². The third kappa shape index (κ3) is 4.37. The minimum absolute atomic E-state index is 0.0532.